The van der Waals surface area contributed by atoms with Gasteiger partial charge in [0.2, 0.25) is 5.91 Å². The van der Waals surface area contributed by atoms with Gasteiger partial charge in [0.15, 0.2) is 0 Å². The number of ether oxygens (including phenoxy) is 1. The lowest BCUT2D eigenvalue weighted by Crippen LogP contribution is -2.14. The van der Waals surface area contributed by atoms with Crippen molar-refractivity contribution in [2.45, 2.75) is 25.5 Å². The quantitative estimate of drug-likeness (QED) is 0.512. The van der Waals surface area contributed by atoms with Crippen molar-refractivity contribution < 1.29 is 18.7 Å². The smallest absolute Gasteiger partial charge is 0.338 e. The Bertz CT molecular complexity index is 734. The first-order valence-corrected chi connectivity index (χ1v) is 9.64. The monoisotopic (exact) mass is 375 g/mol. The number of esters is 1. The van der Waals surface area contributed by atoms with Gasteiger partial charge in [0.25, 0.3) is 0 Å². The summed E-state index contributed by atoms with van der Waals surface area (Å²) in [5, 5.41) is 2.76. The van der Waals surface area contributed by atoms with E-state index in [1.807, 2.05) is 6.92 Å². The van der Waals surface area contributed by atoms with E-state index in [9.17, 15) is 14.0 Å². The van der Waals surface area contributed by atoms with E-state index < -0.39 is 0 Å². The minimum Gasteiger partial charge on any atom is -0.462 e. The summed E-state index contributed by atoms with van der Waals surface area (Å²) in [4.78, 5) is 23.8. The Kier molecular flexibility index (Phi) is 8.15. The lowest BCUT2D eigenvalue weighted by molar-refractivity contribution is -0.113. The Morgan fingerprint density at radius 1 is 1.12 bits per heavy atom. The largest absolute Gasteiger partial charge is 0.462 e. The van der Waals surface area contributed by atoms with Crippen molar-refractivity contribution in [3.05, 3.63) is 65.5 Å². The fourth-order valence-electron chi connectivity index (χ4n) is 2.15. The summed E-state index contributed by atoms with van der Waals surface area (Å²) in [6, 6.07) is 13.1. The van der Waals surface area contributed by atoms with Gasteiger partial charge in [-0.25, -0.2) is 9.18 Å². The maximum atomic E-state index is 13.5. The Balaban J connectivity index is 1.76. The van der Waals surface area contributed by atoms with Gasteiger partial charge >= 0.3 is 5.97 Å². The normalized spacial score (nSPS) is 10.4. The molecule has 2 aromatic rings. The van der Waals surface area contributed by atoms with Crippen LogP contribution in [0.1, 0.15) is 35.7 Å². The zero-order chi connectivity index (χ0) is 18.8. The Hall–Kier alpha value is -2.34. The predicted octanol–water partition coefficient (Wildman–Crippen LogP) is 4.65. The lowest BCUT2D eigenvalue weighted by atomic mass is 10.2. The van der Waals surface area contributed by atoms with Gasteiger partial charge in [-0.3, -0.25) is 4.79 Å². The van der Waals surface area contributed by atoms with E-state index in [1.165, 1.54) is 17.8 Å². The topological polar surface area (TPSA) is 55.4 Å². The van der Waals surface area contributed by atoms with Gasteiger partial charge in [-0.2, -0.15) is 0 Å². The zero-order valence-corrected chi connectivity index (χ0v) is 15.5. The second kappa shape index (κ2) is 10.6. The molecule has 0 aliphatic rings. The summed E-state index contributed by atoms with van der Waals surface area (Å²) in [7, 11) is 0. The molecule has 4 nitrogen and oxygen atoms in total. The first-order chi connectivity index (χ1) is 12.6. The number of unbranched alkanes of at least 4 members (excludes halogenated alkanes) is 1. The summed E-state index contributed by atoms with van der Waals surface area (Å²) in [5.41, 5.74) is 1.64. The van der Waals surface area contributed by atoms with E-state index >= 15 is 0 Å². The van der Waals surface area contributed by atoms with Crippen molar-refractivity contribution in [1.29, 1.82) is 0 Å². The first-order valence-electron chi connectivity index (χ1n) is 8.48. The highest BCUT2D eigenvalue weighted by molar-refractivity contribution is 7.99. The van der Waals surface area contributed by atoms with E-state index in [0.717, 1.165) is 12.8 Å². The van der Waals surface area contributed by atoms with Gasteiger partial charge in [-0.1, -0.05) is 31.5 Å². The van der Waals surface area contributed by atoms with Gasteiger partial charge in [-0.05, 0) is 42.3 Å². The molecule has 26 heavy (non-hydrogen) atoms. The van der Waals surface area contributed by atoms with Crippen LogP contribution in [0.3, 0.4) is 0 Å². The van der Waals surface area contributed by atoms with Crippen LogP contribution in [0.2, 0.25) is 0 Å². The SMILES string of the molecule is CCCCOC(=O)c1ccc(NC(=O)CSCc2ccccc2F)cc1. The van der Waals surface area contributed by atoms with E-state index in [4.69, 9.17) is 4.74 Å². The number of nitrogens with one attached hydrogen (secondary N) is 1. The average molecular weight is 375 g/mol. The number of hydrogen-bond acceptors (Lipinski definition) is 4. The molecule has 138 valence electrons. The van der Waals surface area contributed by atoms with Crippen LogP contribution in [0, 0.1) is 5.82 Å². The van der Waals surface area contributed by atoms with Crippen molar-refractivity contribution in [2.24, 2.45) is 0 Å². The summed E-state index contributed by atoms with van der Waals surface area (Å²) >= 11 is 1.34. The van der Waals surface area contributed by atoms with Crippen LogP contribution in [0.25, 0.3) is 0 Å². The highest BCUT2D eigenvalue weighted by Crippen LogP contribution is 2.16. The lowest BCUT2D eigenvalue weighted by Gasteiger charge is -2.07. The molecule has 1 amide bonds. The Morgan fingerprint density at radius 2 is 1.85 bits per heavy atom. The molecule has 0 bridgehead atoms. The molecule has 0 heterocycles. The van der Waals surface area contributed by atoms with Gasteiger partial charge in [0.1, 0.15) is 5.82 Å². The number of carbonyl (C=O) groups excluding carboxylic acids is 2. The minimum absolute atomic E-state index is 0.176. The molecule has 0 radical (unpaired) electrons. The van der Waals surface area contributed by atoms with Crippen molar-refractivity contribution in [3.8, 4) is 0 Å². The predicted molar refractivity (Wildman–Crippen MR) is 103 cm³/mol. The number of benzene rings is 2. The zero-order valence-electron chi connectivity index (χ0n) is 14.7. The Morgan fingerprint density at radius 3 is 2.54 bits per heavy atom. The molecule has 0 unspecified atom stereocenters. The fraction of sp³-hybridized carbons (Fsp3) is 0.300. The van der Waals surface area contributed by atoms with Crippen molar-refractivity contribution in [2.75, 3.05) is 17.7 Å². The van der Waals surface area contributed by atoms with Crippen LogP contribution in [0.15, 0.2) is 48.5 Å². The molecule has 2 rings (SSSR count). The molecule has 0 saturated heterocycles. The highest BCUT2D eigenvalue weighted by Gasteiger charge is 2.08. The van der Waals surface area contributed by atoms with Crippen LogP contribution in [-0.4, -0.2) is 24.2 Å². The molecule has 0 aliphatic carbocycles. The number of halogens is 1. The fourth-order valence-corrected chi connectivity index (χ4v) is 2.96. The molecular weight excluding hydrogens is 353 g/mol. The van der Waals surface area contributed by atoms with E-state index in [0.29, 0.717) is 29.2 Å². The molecule has 0 spiro atoms. The molecule has 6 heteroatoms. The van der Waals surface area contributed by atoms with Crippen molar-refractivity contribution >= 4 is 29.3 Å². The second-order valence-corrected chi connectivity index (χ2v) is 6.68. The third-order valence-electron chi connectivity index (χ3n) is 3.58. The molecule has 1 N–H and O–H groups in total. The van der Waals surface area contributed by atoms with Gasteiger partial charge in [0.05, 0.1) is 17.9 Å². The molecule has 2 aromatic carbocycles. The number of hydrogen-bond donors (Lipinski definition) is 1. The standard InChI is InChI=1S/C20H22FNO3S/c1-2-3-12-25-20(24)15-8-10-17(11-9-15)22-19(23)14-26-13-16-6-4-5-7-18(16)21/h4-11H,2-3,12-14H2,1H3,(H,22,23). The third kappa shape index (κ3) is 6.52. The van der Waals surface area contributed by atoms with E-state index in [1.54, 1.807) is 42.5 Å². The number of amides is 1. The summed E-state index contributed by atoms with van der Waals surface area (Å²) in [6.45, 7) is 2.44. The van der Waals surface area contributed by atoms with Crippen molar-refractivity contribution in [1.82, 2.24) is 0 Å². The summed E-state index contributed by atoms with van der Waals surface area (Å²) in [5.74, 6) is -0.152. The second-order valence-electron chi connectivity index (χ2n) is 5.70. The maximum Gasteiger partial charge on any atom is 0.338 e. The first kappa shape index (κ1) is 20.0. The molecule has 0 aromatic heterocycles. The Labute approximate surface area is 157 Å². The van der Waals surface area contributed by atoms with E-state index in [-0.39, 0.29) is 23.4 Å². The van der Waals surface area contributed by atoms with Gasteiger partial charge in [-0.15, -0.1) is 11.8 Å². The van der Waals surface area contributed by atoms with Crippen LogP contribution < -0.4 is 5.32 Å². The van der Waals surface area contributed by atoms with Gasteiger partial charge < -0.3 is 10.1 Å². The van der Waals surface area contributed by atoms with Crippen LogP contribution in [-0.2, 0) is 15.3 Å². The highest BCUT2D eigenvalue weighted by atomic mass is 32.2. The molecule has 0 aliphatic heterocycles. The summed E-state index contributed by atoms with van der Waals surface area (Å²) in [6.07, 6.45) is 1.80. The van der Waals surface area contributed by atoms with Crippen LogP contribution >= 0.6 is 11.8 Å². The van der Waals surface area contributed by atoms with Crippen LogP contribution in [0.5, 0.6) is 0 Å². The average Bonchev–Trinajstić information content (AvgIpc) is 2.64. The maximum absolute atomic E-state index is 13.5. The number of rotatable bonds is 9. The molecule has 0 fully saturated rings. The molecule has 0 atom stereocenters. The van der Waals surface area contributed by atoms with Crippen molar-refractivity contribution in [3.63, 3.8) is 0 Å². The van der Waals surface area contributed by atoms with Crippen LogP contribution in [0.4, 0.5) is 10.1 Å². The minimum atomic E-state index is -0.364. The molecule has 0 saturated carbocycles. The van der Waals surface area contributed by atoms with E-state index in [2.05, 4.69) is 5.32 Å². The summed E-state index contributed by atoms with van der Waals surface area (Å²) < 4.78 is 18.6. The van der Waals surface area contributed by atoms with Gasteiger partial charge in [0, 0.05) is 11.4 Å². The molecular formula is C20H22FNO3S. The number of anilines is 1. The number of carbonyl (C=O) groups is 2. The third-order valence-corrected chi connectivity index (χ3v) is 4.57. The number of thioether (sulfide) groups is 1.